The highest BCUT2D eigenvalue weighted by molar-refractivity contribution is 6.30. The van der Waals surface area contributed by atoms with Gasteiger partial charge in [0.25, 0.3) is 0 Å². The van der Waals surface area contributed by atoms with Gasteiger partial charge in [0.15, 0.2) is 0 Å². The minimum atomic E-state index is -0.753. The molecule has 1 aromatic carbocycles. The predicted molar refractivity (Wildman–Crippen MR) is 79.4 cm³/mol. The summed E-state index contributed by atoms with van der Waals surface area (Å²) in [5, 5.41) is 9.96. The number of halogens is 2. The number of carbonyl (C=O) groups is 1. The SMILES string of the molecule is Cl.O=C(O)C(CCN1CCCC1)c1ccc(Cl)cc1. The fraction of sp³-hybridized carbons (Fsp3) is 0.500. The Kier molecular flexibility index (Phi) is 6.63. The van der Waals surface area contributed by atoms with E-state index in [0.29, 0.717) is 11.4 Å². The molecule has 19 heavy (non-hydrogen) atoms. The fourth-order valence-electron chi connectivity index (χ4n) is 2.45. The second-order valence-electron chi connectivity index (χ2n) is 4.78. The quantitative estimate of drug-likeness (QED) is 0.906. The van der Waals surface area contributed by atoms with Crippen molar-refractivity contribution in [3.05, 3.63) is 34.9 Å². The number of aliphatic carboxylic acids is 1. The Morgan fingerprint density at radius 2 is 1.84 bits per heavy atom. The zero-order valence-corrected chi connectivity index (χ0v) is 12.3. The van der Waals surface area contributed by atoms with Crippen molar-refractivity contribution in [2.24, 2.45) is 0 Å². The smallest absolute Gasteiger partial charge is 0.311 e. The first-order valence-electron chi connectivity index (χ1n) is 6.37. The molecule has 0 saturated carbocycles. The van der Waals surface area contributed by atoms with Gasteiger partial charge in [0, 0.05) is 5.02 Å². The molecule has 0 amide bonds. The average Bonchev–Trinajstić information content (AvgIpc) is 2.84. The van der Waals surface area contributed by atoms with Crippen LogP contribution in [0.15, 0.2) is 24.3 Å². The highest BCUT2D eigenvalue weighted by atomic mass is 35.5. The Morgan fingerprint density at radius 3 is 2.37 bits per heavy atom. The maximum absolute atomic E-state index is 11.3. The van der Waals surface area contributed by atoms with Gasteiger partial charge in [0.2, 0.25) is 0 Å². The van der Waals surface area contributed by atoms with Crippen LogP contribution >= 0.6 is 24.0 Å². The molecule has 1 N–H and O–H groups in total. The summed E-state index contributed by atoms with van der Waals surface area (Å²) >= 11 is 5.82. The van der Waals surface area contributed by atoms with E-state index in [9.17, 15) is 9.90 Å². The number of nitrogens with zero attached hydrogens (tertiary/aromatic N) is 1. The fourth-order valence-corrected chi connectivity index (χ4v) is 2.57. The van der Waals surface area contributed by atoms with E-state index in [4.69, 9.17) is 11.6 Å². The van der Waals surface area contributed by atoms with Crippen LogP contribution in [0.25, 0.3) is 0 Å². The van der Waals surface area contributed by atoms with Crippen molar-refractivity contribution in [2.45, 2.75) is 25.2 Å². The van der Waals surface area contributed by atoms with Gasteiger partial charge in [0.05, 0.1) is 5.92 Å². The first-order chi connectivity index (χ1) is 8.66. The molecule has 1 fully saturated rings. The van der Waals surface area contributed by atoms with Crippen LogP contribution in [-0.2, 0) is 4.79 Å². The van der Waals surface area contributed by atoms with Crippen molar-refractivity contribution in [3.63, 3.8) is 0 Å². The van der Waals surface area contributed by atoms with Gasteiger partial charge in [-0.15, -0.1) is 12.4 Å². The lowest BCUT2D eigenvalue weighted by atomic mass is 9.96. The summed E-state index contributed by atoms with van der Waals surface area (Å²) in [7, 11) is 0. The zero-order valence-electron chi connectivity index (χ0n) is 10.7. The molecule has 106 valence electrons. The molecule has 1 unspecified atom stereocenters. The van der Waals surface area contributed by atoms with Gasteiger partial charge in [-0.05, 0) is 56.6 Å². The van der Waals surface area contributed by atoms with Crippen LogP contribution in [0, 0.1) is 0 Å². The minimum absolute atomic E-state index is 0. The molecule has 1 saturated heterocycles. The maximum Gasteiger partial charge on any atom is 0.311 e. The van der Waals surface area contributed by atoms with Gasteiger partial charge in [-0.2, -0.15) is 0 Å². The summed E-state index contributed by atoms with van der Waals surface area (Å²) in [5.74, 6) is -1.18. The summed E-state index contributed by atoms with van der Waals surface area (Å²) in [4.78, 5) is 13.7. The Labute approximate surface area is 125 Å². The molecule has 0 bridgehead atoms. The molecular formula is C14H19Cl2NO2. The topological polar surface area (TPSA) is 40.5 Å². The highest BCUT2D eigenvalue weighted by Crippen LogP contribution is 2.23. The third-order valence-electron chi connectivity index (χ3n) is 3.50. The van der Waals surface area contributed by atoms with Gasteiger partial charge in [-0.1, -0.05) is 23.7 Å². The van der Waals surface area contributed by atoms with Crippen molar-refractivity contribution >= 4 is 30.0 Å². The van der Waals surface area contributed by atoms with Crippen LogP contribution in [0.3, 0.4) is 0 Å². The van der Waals surface area contributed by atoms with Crippen LogP contribution in [-0.4, -0.2) is 35.6 Å². The molecule has 0 aliphatic carbocycles. The number of rotatable bonds is 5. The number of hydrogen-bond donors (Lipinski definition) is 1. The van der Waals surface area contributed by atoms with E-state index in [1.165, 1.54) is 12.8 Å². The van der Waals surface area contributed by atoms with Crippen LogP contribution < -0.4 is 0 Å². The zero-order chi connectivity index (χ0) is 13.0. The van der Waals surface area contributed by atoms with E-state index < -0.39 is 11.9 Å². The number of hydrogen-bond acceptors (Lipinski definition) is 2. The van der Waals surface area contributed by atoms with Crippen LogP contribution in [0.1, 0.15) is 30.7 Å². The van der Waals surface area contributed by atoms with E-state index in [-0.39, 0.29) is 12.4 Å². The number of benzene rings is 1. The molecule has 0 aromatic heterocycles. The van der Waals surface area contributed by atoms with Crippen molar-refractivity contribution in [1.29, 1.82) is 0 Å². The standard InChI is InChI=1S/C14H18ClNO2.ClH/c15-12-5-3-11(4-6-12)13(14(17)18)7-10-16-8-1-2-9-16;/h3-6,13H,1-2,7-10H2,(H,17,18);1H. The lowest BCUT2D eigenvalue weighted by Gasteiger charge is -2.18. The number of likely N-dealkylation sites (tertiary alicyclic amines) is 1. The first kappa shape index (κ1) is 16.3. The van der Waals surface area contributed by atoms with Crippen molar-refractivity contribution in [3.8, 4) is 0 Å². The van der Waals surface area contributed by atoms with Gasteiger partial charge in [-0.3, -0.25) is 4.79 Å². The highest BCUT2D eigenvalue weighted by Gasteiger charge is 2.21. The van der Waals surface area contributed by atoms with E-state index in [1.807, 2.05) is 12.1 Å². The number of carboxylic acid groups (broad SMARTS) is 1. The second-order valence-corrected chi connectivity index (χ2v) is 5.22. The summed E-state index contributed by atoms with van der Waals surface area (Å²) in [5.41, 5.74) is 0.839. The molecule has 1 heterocycles. The van der Waals surface area contributed by atoms with Gasteiger partial charge in [-0.25, -0.2) is 0 Å². The van der Waals surface area contributed by atoms with Crippen molar-refractivity contribution in [2.75, 3.05) is 19.6 Å². The van der Waals surface area contributed by atoms with Gasteiger partial charge in [0.1, 0.15) is 0 Å². The molecule has 5 heteroatoms. The summed E-state index contributed by atoms with van der Waals surface area (Å²) < 4.78 is 0. The van der Waals surface area contributed by atoms with Gasteiger partial charge >= 0.3 is 5.97 Å². The van der Waals surface area contributed by atoms with Crippen molar-refractivity contribution in [1.82, 2.24) is 4.90 Å². The Bertz CT molecular complexity index is 402. The second kappa shape index (κ2) is 7.73. The average molecular weight is 304 g/mol. The minimum Gasteiger partial charge on any atom is -0.481 e. The largest absolute Gasteiger partial charge is 0.481 e. The Morgan fingerprint density at radius 1 is 1.26 bits per heavy atom. The normalized spacial score (nSPS) is 16.9. The molecule has 1 aliphatic heterocycles. The maximum atomic E-state index is 11.3. The molecule has 1 aromatic rings. The van der Waals surface area contributed by atoms with Crippen LogP contribution in [0.4, 0.5) is 0 Å². The lowest BCUT2D eigenvalue weighted by molar-refractivity contribution is -0.139. The first-order valence-corrected chi connectivity index (χ1v) is 6.75. The molecule has 3 nitrogen and oxygen atoms in total. The van der Waals surface area contributed by atoms with E-state index in [0.717, 1.165) is 25.2 Å². The van der Waals surface area contributed by atoms with Crippen LogP contribution in [0.2, 0.25) is 5.02 Å². The van der Waals surface area contributed by atoms with E-state index in [1.54, 1.807) is 12.1 Å². The lowest BCUT2D eigenvalue weighted by Crippen LogP contribution is -2.24. The molecule has 0 radical (unpaired) electrons. The molecule has 0 spiro atoms. The van der Waals surface area contributed by atoms with E-state index >= 15 is 0 Å². The molecular weight excluding hydrogens is 285 g/mol. The third kappa shape index (κ3) is 4.68. The third-order valence-corrected chi connectivity index (χ3v) is 3.76. The summed E-state index contributed by atoms with van der Waals surface area (Å²) in [6.45, 7) is 3.07. The molecule has 2 rings (SSSR count). The Hall–Kier alpha value is -0.770. The predicted octanol–water partition coefficient (Wildman–Crippen LogP) is 3.42. The molecule has 1 aliphatic rings. The summed E-state index contributed by atoms with van der Waals surface area (Å²) in [6.07, 6.45) is 3.13. The van der Waals surface area contributed by atoms with Crippen molar-refractivity contribution < 1.29 is 9.90 Å². The summed E-state index contributed by atoms with van der Waals surface area (Å²) in [6, 6.07) is 7.13. The molecule has 1 atom stereocenters. The monoisotopic (exact) mass is 303 g/mol. The van der Waals surface area contributed by atoms with E-state index in [2.05, 4.69) is 4.90 Å². The van der Waals surface area contributed by atoms with Crippen LogP contribution in [0.5, 0.6) is 0 Å². The Balaban J connectivity index is 0.00000180. The van der Waals surface area contributed by atoms with Gasteiger partial charge < -0.3 is 10.0 Å². The number of carboxylic acids is 1.